The molecule has 1 aliphatic carbocycles. The maximum absolute atomic E-state index is 14.2. The molecule has 0 aromatic heterocycles. The summed E-state index contributed by atoms with van der Waals surface area (Å²) in [7, 11) is -4.14. The zero-order valence-electron chi connectivity index (χ0n) is 38.1. The van der Waals surface area contributed by atoms with Crippen molar-refractivity contribution in [1.82, 2.24) is 14.9 Å². The molecule has 0 spiro atoms. The Labute approximate surface area is 386 Å². The van der Waals surface area contributed by atoms with Crippen LogP contribution >= 0.6 is 0 Å². The van der Waals surface area contributed by atoms with Gasteiger partial charge in [-0.3, -0.25) is 14.7 Å². The fourth-order valence-corrected chi connectivity index (χ4v) is 10.3. The second-order valence-corrected chi connectivity index (χ2v) is 19.1. The SMILES string of the molecule is Cc1c(C)c(S(=O)(=O)NC(N)=NCCC[C@H](C(N)=O)N(Cc2ccc(CNC(=O)OCc3ccccc3)cc2)C(=O)OCC2c3ccccc3-c3ccccc32)c(C)c2c1OC(C)(C)CC2. The number of benzene rings is 5. The van der Waals surface area contributed by atoms with Crippen LogP contribution in [0.5, 0.6) is 5.75 Å². The van der Waals surface area contributed by atoms with E-state index >= 15 is 0 Å². The molecule has 66 heavy (non-hydrogen) atoms. The van der Waals surface area contributed by atoms with Gasteiger partial charge in [-0.05, 0) is 121 Å². The Kier molecular flexibility index (Phi) is 14.4. The molecule has 346 valence electrons. The summed E-state index contributed by atoms with van der Waals surface area (Å²) >= 11 is 0. The van der Waals surface area contributed by atoms with Gasteiger partial charge in [-0.1, -0.05) is 103 Å². The van der Waals surface area contributed by atoms with E-state index in [1.165, 1.54) is 4.90 Å². The van der Waals surface area contributed by atoms with E-state index in [0.29, 0.717) is 23.1 Å². The molecule has 14 nitrogen and oxygen atoms in total. The van der Waals surface area contributed by atoms with Crippen molar-refractivity contribution < 1.29 is 37.0 Å². The molecule has 0 saturated heterocycles. The molecule has 0 fully saturated rings. The number of aliphatic imine (C=N–C) groups is 1. The highest BCUT2D eigenvalue weighted by molar-refractivity contribution is 7.90. The van der Waals surface area contributed by atoms with Crippen LogP contribution in [0, 0.1) is 20.8 Å². The molecule has 2 aliphatic rings. The molecule has 1 atom stereocenters. The van der Waals surface area contributed by atoms with Crippen molar-refractivity contribution in [2.45, 2.75) is 102 Å². The molecule has 0 radical (unpaired) electrons. The van der Waals surface area contributed by atoms with E-state index in [-0.39, 0.29) is 68.1 Å². The smallest absolute Gasteiger partial charge is 0.410 e. The van der Waals surface area contributed by atoms with Crippen molar-refractivity contribution in [2.24, 2.45) is 16.5 Å². The molecule has 7 rings (SSSR count). The van der Waals surface area contributed by atoms with Crippen molar-refractivity contribution >= 4 is 34.1 Å². The summed E-state index contributed by atoms with van der Waals surface area (Å²) in [5.74, 6) is -0.566. The van der Waals surface area contributed by atoms with Crippen LogP contribution in [0.4, 0.5) is 9.59 Å². The average Bonchev–Trinajstić information content (AvgIpc) is 3.61. The Balaban J connectivity index is 1.04. The number of primary amides is 1. The maximum Gasteiger partial charge on any atom is 0.410 e. The van der Waals surface area contributed by atoms with Gasteiger partial charge in [0.15, 0.2) is 0 Å². The quantitative estimate of drug-likeness (QED) is 0.0432. The lowest BCUT2D eigenvalue weighted by Gasteiger charge is -2.35. The zero-order valence-corrected chi connectivity index (χ0v) is 38.9. The van der Waals surface area contributed by atoms with Gasteiger partial charge in [0, 0.05) is 25.6 Å². The summed E-state index contributed by atoms with van der Waals surface area (Å²) in [4.78, 5) is 45.6. The van der Waals surface area contributed by atoms with Gasteiger partial charge < -0.3 is 31.0 Å². The standard InChI is InChI=1S/C51H58N6O8S/c1-32-33(2)46(34(3)38-25-26-51(4,5)65-45(32)38)66(61,62)56-48(53)54-27-13-20-44(47(52)58)57(50(60)64-31-43-41-18-11-9-16-39(41)40-17-10-12-19-42(40)43)29-36-23-21-35(22-24-36)28-55-49(59)63-30-37-14-7-6-8-15-37/h6-12,14-19,21-24,43-44H,13,20,25-31H2,1-5H3,(H2,52,58)(H,55,59)(H3,53,54,56)/t44-/m1/s1. The van der Waals surface area contributed by atoms with E-state index in [1.54, 1.807) is 26.0 Å². The fraction of sp³-hybridized carbons (Fsp3) is 0.333. The van der Waals surface area contributed by atoms with Crippen molar-refractivity contribution in [1.29, 1.82) is 0 Å². The molecular weight excluding hydrogens is 857 g/mol. The molecule has 5 aromatic carbocycles. The summed E-state index contributed by atoms with van der Waals surface area (Å²) in [5, 5.41) is 2.75. The number of rotatable bonds is 16. The molecule has 0 bridgehead atoms. The van der Waals surface area contributed by atoms with E-state index in [9.17, 15) is 22.8 Å². The van der Waals surface area contributed by atoms with Crippen LogP contribution in [0.2, 0.25) is 0 Å². The fourth-order valence-electron chi connectivity index (χ4n) is 8.79. The molecule has 6 N–H and O–H groups in total. The number of ether oxygens (including phenoxy) is 3. The Morgan fingerprint density at radius 1 is 0.818 bits per heavy atom. The van der Waals surface area contributed by atoms with E-state index < -0.39 is 34.2 Å². The third-order valence-corrected chi connectivity index (χ3v) is 14.0. The summed E-state index contributed by atoms with van der Waals surface area (Å²) in [6.07, 6.45) is 0.415. The summed E-state index contributed by atoms with van der Waals surface area (Å²) in [5.41, 5.74) is 21.2. The van der Waals surface area contributed by atoms with Gasteiger partial charge in [0.2, 0.25) is 11.9 Å². The second kappa shape index (κ2) is 20.1. The average molecular weight is 915 g/mol. The molecule has 1 heterocycles. The lowest BCUT2D eigenvalue weighted by atomic mass is 9.88. The summed E-state index contributed by atoms with van der Waals surface area (Å²) in [6, 6.07) is 31.5. The minimum atomic E-state index is -4.14. The first-order valence-electron chi connectivity index (χ1n) is 22.1. The highest BCUT2D eigenvalue weighted by Crippen LogP contribution is 2.45. The number of alkyl carbamates (subject to hydrolysis) is 1. The van der Waals surface area contributed by atoms with Crippen molar-refractivity contribution in [2.75, 3.05) is 13.2 Å². The molecule has 1 aliphatic heterocycles. The lowest BCUT2D eigenvalue weighted by molar-refractivity contribution is -0.123. The van der Waals surface area contributed by atoms with Crippen LogP contribution in [0.15, 0.2) is 113 Å². The largest absolute Gasteiger partial charge is 0.487 e. The molecule has 0 saturated carbocycles. The first kappa shape index (κ1) is 47.1. The highest BCUT2D eigenvalue weighted by atomic mass is 32.2. The first-order valence-corrected chi connectivity index (χ1v) is 23.6. The monoisotopic (exact) mass is 914 g/mol. The Bertz CT molecular complexity index is 2700. The van der Waals surface area contributed by atoms with E-state index in [1.807, 2.05) is 112 Å². The van der Waals surface area contributed by atoms with Gasteiger partial charge in [0.05, 0.1) is 4.90 Å². The molecular formula is C51H58N6O8S. The van der Waals surface area contributed by atoms with Gasteiger partial charge in [-0.25, -0.2) is 22.7 Å². The number of nitrogens with zero attached hydrogens (tertiary/aromatic N) is 2. The lowest BCUT2D eigenvalue weighted by Crippen LogP contribution is -2.48. The van der Waals surface area contributed by atoms with Crippen LogP contribution < -0.4 is 26.2 Å². The van der Waals surface area contributed by atoms with Gasteiger partial charge in [-0.15, -0.1) is 0 Å². The zero-order chi connectivity index (χ0) is 47.2. The van der Waals surface area contributed by atoms with Gasteiger partial charge in [-0.2, -0.15) is 0 Å². The number of nitrogens with one attached hydrogen (secondary N) is 2. The summed E-state index contributed by atoms with van der Waals surface area (Å²) in [6.45, 7) is 9.78. The number of amides is 3. The number of sulfonamides is 1. The van der Waals surface area contributed by atoms with Crippen LogP contribution in [-0.2, 0) is 50.4 Å². The molecule has 5 aromatic rings. The third kappa shape index (κ3) is 10.8. The minimum absolute atomic E-state index is 0.0223. The Morgan fingerprint density at radius 2 is 1.44 bits per heavy atom. The van der Waals surface area contributed by atoms with Gasteiger partial charge in [0.1, 0.15) is 30.6 Å². The van der Waals surface area contributed by atoms with Crippen molar-refractivity contribution in [3.05, 3.63) is 153 Å². The normalized spacial score (nSPS) is 14.5. The number of nitrogens with two attached hydrogens (primary N) is 2. The van der Waals surface area contributed by atoms with Gasteiger partial charge in [0.25, 0.3) is 10.0 Å². The van der Waals surface area contributed by atoms with Crippen LogP contribution in [0.25, 0.3) is 11.1 Å². The van der Waals surface area contributed by atoms with Crippen LogP contribution in [0.3, 0.4) is 0 Å². The minimum Gasteiger partial charge on any atom is -0.487 e. The number of hydrogen-bond donors (Lipinski definition) is 4. The maximum atomic E-state index is 14.2. The first-order chi connectivity index (χ1) is 31.5. The van der Waals surface area contributed by atoms with Crippen molar-refractivity contribution in [3.63, 3.8) is 0 Å². The van der Waals surface area contributed by atoms with Gasteiger partial charge >= 0.3 is 12.2 Å². The highest BCUT2D eigenvalue weighted by Gasteiger charge is 2.35. The summed E-state index contributed by atoms with van der Waals surface area (Å²) < 4.78 is 47.7. The van der Waals surface area contributed by atoms with Crippen molar-refractivity contribution in [3.8, 4) is 16.9 Å². The van der Waals surface area contributed by atoms with E-state index in [0.717, 1.165) is 56.7 Å². The topological polar surface area (TPSA) is 205 Å². The number of carbonyl (C=O) groups is 3. The predicted octanol–water partition coefficient (Wildman–Crippen LogP) is 7.82. The number of hydrogen-bond acceptors (Lipinski definition) is 9. The molecule has 0 unspecified atom stereocenters. The Morgan fingerprint density at radius 3 is 2.09 bits per heavy atom. The molecule has 3 amide bonds. The molecule has 15 heteroatoms. The predicted molar refractivity (Wildman–Crippen MR) is 253 cm³/mol. The van der Waals surface area contributed by atoms with E-state index in [2.05, 4.69) is 15.0 Å². The third-order valence-electron chi connectivity index (χ3n) is 12.4. The van der Waals surface area contributed by atoms with Crippen LogP contribution in [-0.4, -0.2) is 62.2 Å². The second-order valence-electron chi connectivity index (χ2n) is 17.5. The van der Waals surface area contributed by atoms with E-state index in [4.69, 9.17) is 25.7 Å². The number of guanidine groups is 1. The number of fused-ring (bicyclic) bond motifs is 4. The Hall–Kier alpha value is -6.87. The van der Waals surface area contributed by atoms with Crippen LogP contribution in [0.1, 0.15) is 89.1 Å². The number of carbonyl (C=O) groups excluding carboxylic acids is 3.